The number of esters is 1. The van der Waals surface area contributed by atoms with E-state index in [0.29, 0.717) is 32.5 Å². The molecule has 0 amide bonds. The van der Waals surface area contributed by atoms with E-state index in [2.05, 4.69) is 0 Å². The van der Waals surface area contributed by atoms with Gasteiger partial charge in [0.15, 0.2) is 0 Å². The minimum absolute atomic E-state index is 0.0337. The number of hydrogen-bond acceptors (Lipinski definition) is 4. The van der Waals surface area contributed by atoms with Gasteiger partial charge in [-0.2, -0.15) is 4.31 Å². The van der Waals surface area contributed by atoms with Crippen molar-refractivity contribution in [3.05, 3.63) is 66.0 Å². The molecule has 1 fully saturated rings. The number of hydrogen-bond donors (Lipinski definition) is 0. The van der Waals surface area contributed by atoms with Crippen LogP contribution in [0.25, 0.3) is 0 Å². The Labute approximate surface area is 171 Å². The Bertz CT molecular complexity index is 925. The first-order chi connectivity index (χ1) is 13.9. The largest absolute Gasteiger partial charge is 0.466 e. The zero-order valence-electron chi connectivity index (χ0n) is 16.5. The highest BCUT2D eigenvalue weighted by Crippen LogP contribution is 2.37. The summed E-state index contributed by atoms with van der Waals surface area (Å²) in [4.78, 5) is 11.9. The van der Waals surface area contributed by atoms with Crippen LogP contribution in [0.15, 0.2) is 59.5 Å². The van der Waals surface area contributed by atoms with Gasteiger partial charge in [0.1, 0.15) is 10.7 Å². The van der Waals surface area contributed by atoms with Crippen LogP contribution in [0.4, 0.5) is 4.39 Å². The van der Waals surface area contributed by atoms with Crippen molar-refractivity contribution in [2.24, 2.45) is 5.92 Å². The average Bonchev–Trinajstić information content (AvgIpc) is 2.73. The number of halogens is 1. The normalized spacial score (nSPS) is 17.0. The SMILES string of the molecule is CCOC(=O)C[C@@H](c1ccccc1)C1CCN(S(=O)(=O)c2ccccc2F)CC1. The zero-order chi connectivity index (χ0) is 20.9. The third-order valence-corrected chi connectivity index (χ3v) is 7.37. The third-order valence-electron chi connectivity index (χ3n) is 5.44. The number of benzene rings is 2. The van der Waals surface area contributed by atoms with Crippen LogP contribution in [0, 0.1) is 11.7 Å². The van der Waals surface area contributed by atoms with E-state index >= 15 is 0 Å². The molecule has 1 saturated heterocycles. The van der Waals surface area contributed by atoms with Crippen molar-refractivity contribution < 1.29 is 22.3 Å². The Hall–Kier alpha value is -2.25. The number of nitrogens with zero attached hydrogens (tertiary/aromatic N) is 1. The Morgan fingerprint density at radius 3 is 2.34 bits per heavy atom. The molecular formula is C22H26FNO4S. The standard InChI is InChI=1S/C22H26FNO4S/c1-2-28-22(25)16-19(17-8-4-3-5-9-17)18-12-14-24(15-13-18)29(26,27)21-11-7-6-10-20(21)23/h3-11,18-19H,2,12-16H2,1H3/t19-/m0/s1. The van der Waals surface area contributed by atoms with E-state index in [1.807, 2.05) is 30.3 Å². The Balaban J connectivity index is 1.74. The highest BCUT2D eigenvalue weighted by Gasteiger charge is 2.35. The fraction of sp³-hybridized carbons (Fsp3) is 0.409. The summed E-state index contributed by atoms with van der Waals surface area (Å²) in [7, 11) is -3.87. The summed E-state index contributed by atoms with van der Waals surface area (Å²) < 4.78 is 46.2. The molecule has 0 N–H and O–H groups in total. The molecule has 1 aliphatic rings. The zero-order valence-corrected chi connectivity index (χ0v) is 17.3. The predicted molar refractivity (Wildman–Crippen MR) is 108 cm³/mol. The van der Waals surface area contributed by atoms with Gasteiger partial charge in [-0.25, -0.2) is 12.8 Å². The van der Waals surface area contributed by atoms with Crippen LogP contribution in [0.2, 0.25) is 0 Å². The molecule has 5 nitrogen and oxygen atoms in total. The number of carbonyl (C=O) groups is 1. The fourth-order valence-electron chi connectivity index (χ4n) is 3.97. The highest BCUT2D eigenvalue weighted by atomic mass is 32.2. The topological polar surface area (TPSA) is 63.7 Å². The van der Waals surface area contributed by atoms with Gasteiger partial charge in [-0.1, -0.05) is 42.5 Å². The van der Waals surface area contributed by atoms with Gasteiger partial charge >= 0.3 is 5.97 Å². The van der Waals surface area contributed by atoms with Crippen LogP contribution in [-0.2, 0) is 19.6 Å². The molecule has 0 spiro atoms. The van der Waals surface area contributed by atoms with E-state index in [9.17, 15) is 17.6 Å². The van der Waals surface area contributed by atoms with Crippen molar-refractivity contribution in [2.45, 2.75) is 37.0 Å². The molecule has 0 unspecified atom stereocenters. The summed E-state index contributed by atoms with van der Waals surface area (Å²) in [6.07, 6.45) is 1.47. The lowest BCUT2D eigenvalue weighted by Gasteiger charge is -2.35. The van der Waals surface area contributed by atoms with E-state index in [4.69, 9.17) is 4.74 Å². The quantitative estimate of drug-likeness (QED) is 0.637. The molecule has 1 atom stereocenters. The molecule has 3 rings (SSSR count). The Morgan fingerprint density at radius 1 is 1.10 bits per heavy atom. The maximum Gasteiger partial charge on any atom is 0.306 e. The van der Waals surface area contributed by atoms with Gasteiger partial charge in [-0.15, -0.1) is 0 Å². The molecule has 156 valence electrons. The Kier molecular flexibility index (Phi) is 7.03. The van der Waals surface area contributed by atoms with Crippen molar-refractivity contribution in [3.8, 4) is 0 Å². The lowest BCUT2D eigenvalue weighted by molar-refractivity contribution is -0.144. The smallest absolute Gasteiger partial charge is 0.306 e. The molecule has 1 aliphatic heterocycles. The van der Waals surface area contributed by atoms with Crippen molar-refractivity contribution in [3.63, 3.8) is 0 Å². The number of sulfonamides is 1. The molecule has 0 bridgehead atoms. The molecule has 0 aromatic heterocycles. The molecule has 1 heterocycles. The van der Waals surface area contributed by atoms with E-state index < -0.39 is 15.8 Å². The van der Waals surface area contributed by atoms with Crippen molar-refractivity contribution in [2.75, 3.05) is 19.7 Å². The van der Waals surface area contributed by atoms with Crippen LogP contribution >= 0.6 is 0 Å². The Morgan fingerprint density at radius 2 is 1.72 bits per heavy atom. The van der Waals surface area contributed by atoms with Gasteiger partial charge in [0.05, 0.1) is 13.0 Å². The van der Waals surface area contributed by atoms with Gasteiger partial charge in [-0.05, 0) is 49.3 Å². The monoisotopic (exact) mass is 419 g/mol. The van der Waals surface area contributed by atoms with Crippen LogP contribution in [0.1, 0.15) is 37.7 Å². The second kappa shape index (κ2) is 9.50. The third kappa shape index (κ3) is 5.03. The lowest BCUT2D eigenvalue weighted by atomic mass is 9.78. The fourth-order valence-corrected chi connectivity index (χ4v) is 5.50. The van der Waals surface area contributed by atoms with Gasteiger partial charge in [0.2, 0.25) is 10.0 Å². The maximum atomic E-state index is 14.0. The first-order valence-corrected chi connectivity index (χ1v) is 11.3. The summed E-state index contributed by atoms with van der Waals surface area (Å²) in [6, 6.07) is 15.2. The van der Waals surface area contributed by atoms with Gasteiger partial charge in [0.25, 0.3) is 0 Å². The number of ether oxygens (including phenoxy) is 1. The molecular weight excluding hydrogens is 393 g/mol. The van der Waals surface area contributed by atoms with Crippen LogP contribution in [-0.4, -0.2) is 38.4 Å². The van der Waals surface area contributed by atoms with E-state index in [1.54, 1.807) is 6.92 Å². The van der Waals surface area contributed by atoms with Crippen molar-refractivity contribution >= 4 is 16.0 Å². The number of piperidine rings is 1. The highest BCUT2D eigenvalue weighted by molar-refractivity contribution is 7.89. The first kappa shape index (κ1) is 21.5. The molecule has 2 aromatic rings. The number of carbonyl (C=O) groups excluding carboxylic acids is 1. The van der Waals surface area contributed by atoms with Crippen LogP contribution in [0.5, 0.6) is 0 Å². The number of rotatable bonds is 7. The molecule has 29 heavy (non-hydrogen) atoms. The van der Waals surface area contributed by atoms with Gasteiger partial charge in [-0.3, -0.25) is 4.79 Å². The van der Waals surface area contributed by atoms with E-state index in [0.717, 1.165) is 11.6 Å². The molecule has 2 aromatic carbocycles. The summed E-state index contributed by atoms with van der Waals surface area (Å²) in [5.74, 6) is -0.871. The van der Waals surface area contributed by atoms with Crippen molar-refractivity contribution in [1.29, 1.82) is 0 Å². The van der Waals surface area contributed by atoms with E-state index in [1.165, 1.54) is 22.5 Å². The summed E-state index contributed by atoms with van der Waals surface area (Å²) in [5.41, 5.74) is 1.05. The molecule has 0 aliphatic carbocycles. The second-order valence-corrected chi connectivity index (χ2v) is 9.10. The lowest BCUT2D eigenvalue weighted by Crippen LogP contribution is -2.40. The van der Waals surface area contributed by atoms with Gasteiger partial charge < -0.3 is 4.74 Å². The summed E-state index contributed by atoms with van der Waals surface area (Å²) >= 11 is 0. The molecule has 0 saturated carbocycles. The minimum Gasteiger partial charge on any atom is -0.466 e. The van der Waals surface area contributed by atoms with Crippen LogP contribution in [0.3, 0.4) is 0 Å². The maximum absolute atomic E-state index is 14.0. The molecule has 7 heteroatoms. The summed E-state index contributed by atoms with van der Waals surface area (Å²) in [5, 5.41) is 0. The van der Waals surface area contributed by atoms with Gasteiger partial charge in [0, 0.05) is 13.1 Å². The van der Waals surface area contributed by atoms with E-state index in [-0.39, 0.29) is 29.1 Å². The second-order valence-electron chi connectivity index (χ2n) is 7.20. The van der Waals surface area contributed by atoms with Crippen LogP contribution < -0.4 is 0 Å². The molecule has 0 radical (unpaired) electrons. The average molecular weight is 420 g/mol. The summed E-state index contributed by atoms with van der Waals surface area (Å²) in [6.45, 7) is 2.71. The first-order valence-electron chi connectivity index (χ1n) is 9.88. The predicted octanol–water partition coefficient (Wildman–Crippen LogP) is 3.96. The minimum atomic E-state index is -3.87. The van der Waals surface area contributed by atoms with Crippen molar-refractivity contribution in [1.82, 2.24) is 4.31 Å².